The van der Waals surface area contributed by atoms with Gasteiger partial charge in [0.2, 0.25) is 0 Å². The number of rotatable bonds is 0. The van der Waals surface area contributed by atoms with Crippen LogP contribution in [0.4, 0.5) is 0 Å². The quantitative estimate of drug-likeness (QED) is 0.525. The van der Waals surface area contributed by atoms with Gasteiger partial charge in [-0.05, 0) is 18.3 Å². The molecule has 3 nitrogen and oxygen atoms in total. The summed E-state index contributed by atoms with van der Waals surface area (Å²) < 4.78 is 0. The zero-order valence-corrected chi connectivity index (χ0v) is 6.87. The summed E-state index contributed by atoms with van der Waals surface area (Å²) in [6, 6.07) is 0. The van der Waals surface area contributed by atoms with E-state index in [-0.39, 0.29) is 5.41 Å². The first kappa shape index (κ1) is 8.68. The van der Waals surface area contributed by atoms with Crippen molar-refractivity contribution < 1.29 is 15.0 Å². The van der Waals surface area contributed by atoms with E-state index in [9.17, 15) is 15.0 Å². The summed E-state index contributed by atoms with van der Waals surface area (Å²) in [5, 5.41) is 18.3. The molecule has 1 aliphatic carbocycles. The van der Waals surface area contributed by atoms with Gasteiger partial charge in [0, 0.05) is 0 Å². The van der Waals surface area contributed by atoms with E-state index in [1.54, 1.807) is 0 Å². The van der Waals surface area contributed by atoms with Crippen LogP contribution in [0.15, 0.2) is 0 Å². The minimum atomic E-state index is -0.964. The number of Topliss-reactive ketones (excluding diaryl/α,β-unsaturated/α-hetero) is 1. The molecule has 11 heavy (non-hydrogen) atoms. The Kier molecular flexibility index (Phi) is 2.03. The van der Waals surface area contributed by atoms with Crippen molar-refractivity contribution in [1.29, 1.82) is 0 Å². The van der Waals surface area contributed by atoms with Crippen molar-refractivity contribution in [3.05, 3.63) is 0 Å². The van der Waals surface area contributed by atoms with Crippen LogP contribution in [0.25, 0.3) is 0 Å². The van der Waals surface area contributed by atoms with Crippen molar-refractivity contribution >= 4 is 5.78 Å². The van der Waals surface area contributed by atoms with E-state index in [0.29, 0.717) is 12.8 Å². The van der Waals surface area contributed by atoms with E-state index in [1.807, 2.05) is 13.8 Å². The van der Waals surface area contributed by atoms with Crippen molar-refractivity contribution in [3.8, 4) is 0 Å². The Morgan fingerprint density at radius 2 is 1.64 bits per heavy atom. The van der Waals surface area contributed by atoms with Gasteiger partial charge in [-0.25, -0.2) is 0 Å². The van der Waals surface area contributed by atoms with Gasteiger partial charge in [0.25, 0.3) is 0 Å². The molecule has 2 N–H and O–H groups in total. The number of hydrogen-bond donors (Lipinski definition) is 2. The lowest BCUT2D eigenvalue weighted by Gasteiger charge is -2.34. The number of aliphatic hydroxyl groups excluding tert-OH is 2. The average Bonchev–Trinajstić information content (AvgIpc) is 1.81. The second kappa shape index (κ2) is 2.57. The Bertz CT molecular complexity index is 158. The maximum absolute atomic E-state index is 10.9. The molecule has 1 saturated carbocycles. The summed E-state index contributed by atoms with van der Waals surface area (Å²) in [7, 11) is 0. The van der Waals surface area contributed by atoms with E-state index in [0.717, 1.165) is 0 Å². The van der Waals surface area contributed by atoms with Gasteiger partial charge in [-0.1, -0.05) is 13.8 Å². The van der Waals surface area contributed by atoms with Gasteiger partial charge in [0.1, 0.15) is 12.2 Å². The monoisotopic (exact) mass is 158 g/mol. The summed E-state index contributed by atoms with van der Waals surface area (Å²) in [5.41, 5.74) is -0.118. The van der Waals surface area contributed by atoms with E-state index >= 15 is 0 Å². The lowest BCUT2D eigenvalue weighted by molar-refractivity contribution is -0.144. The second-order valence-corrected chi connectivity index (χ2v) is 4.01. The molecule has 0 aromatic carbocycles. The van der Waals surface area contributed by atoms with Crippen molar-refractivity contribution in [2.75, 3.05) is 0 Å². The molecule has 0 heterocycles. The van der Waals surface area contributed by atoms with Crippen LogP contribution in [-0.2, 0) is 4.79 Å². The van der Waals surface area contributed by atoms with Crippen molar-refractivity contribution in [1.82, 2.24) is 0 Å². The molecule has 0 aromatic heterocycles. The molecule has 0 aliphatic heterocycles. The molecule has 3 heteroatoms. The predicted molar refractivity (Wildman–Crippen MR) is 40.0 cm³/mol. The molecule has 1 aliphatic rings. The van der Waals surface area contributed by atoms with Gasteiger partial charge in [-0.15, -0.1) is 0 Å². The van der Waals surface area contributed by atoms with Crippen molar-refractivity contribution in [3.63, 3.8) is 0 Å². The third kappa shape index (κ3) is 1.79. The fourth-order valence-corrected chi connectivity index (χ4v) is 1.55. The highest BCUT2D eigenvalue weighted by Gasteiger charge is 2.38. The minimum Gasteiger partial charge on any atom is -0.385 e. The fraction of sp³-hybridized carbons (Fsp3) is 0.875. The number of carbonyl (C=O) groups is 1. The summed E-state index contributed by atoms with van der Waals surface area (Å²) in [6.07, 6.45) is -1.01. The molecule has 0 bridgehead atoms. The summed E-state index contributed by atoms with van der Waals surface area (Å²) in [4.78, 5) is 10.9. The van der Waals surface area contributed by atoms with Crippen LogP contribution >= 0.6 is 0 Å². The van der Waals surface area contributed by atoms with Crippen LogP contribution in [-0.4, -0.2) is 28.2 Å². The van der Waals surface area contributed by atoms with Crippen LogP contribution in [0.5, 0.6) is 0 Å². The fourth-order valence-electron chi connectivity index (χ4n) is 1.55. The molecular formula is C8H14O3. The molecule has 0 aromatic rings. The standard InChI is InChI=1S/C8H14O3/c1-8(2)3-5(9)7(11)6(10)4-8/h5-6,9-10H,3-4H2,1-2H3. The van der Waals surface area contributed by atoms with Crippen LogP contribution < -0.4 is 0 Å². The van der Waals surface area contributed by atoms with Gasteiger partial charge in [-0.2, -0.15) is 0 Å². The van der Waals surface area contributed by atoms with Gasteiger partial charge in [-0.3, -0.25) is 4.79 Å². The highest BCUT2D eigenvalue weighted by molar-refractivity contribution is 5.87. The SMILES string of the molecule is CC1(C)CC(O)C(=O)C(O)C1. The number of aliphatic hydroxyl groups is 2. The van der Waals surface area contributed by atoms with E-state index in [2.05, 4.69) is 0 Å². The maximum atomic E-state index is 10.9. The zero-order chi connectivity index (χ0) is 8.65. The lowest BCUT2D eigenvalue weighted by Crippen LogP contribution is -2.43. The van der Waals surface area contributed by atoms with E-state index in [4.69, 9.17) is 0 Å². The first-order valence-electron chi connectivity index (χ1n) is 3.82. The second-order valence-electron chi connectivity index (χ2n) is 4.01. The topological polar surface area (TPSA) is 57.5 Å². The number of ketones is 1. The molecule has 0 spiro atoms. The Hall–Kier alpha value is -0.410. The van der Waals surface area contributed by atoms with Crippen LogP contribution in [0.3, 0.4) is 0 Å². The summed E-state index contributed by atoms with van der Waals surface area (Å²) in [5.74, 6) is -0.427. The van der Waals surface area contributed by atoms with Gasteiger partial charge in [0.05, 0.1) is 0 Å². The third-order valence-corrected chi connectivity index (χ3v) is 2.15. The Morgan fingerprint density at radius 1 is 1.27 bits per heavy atom. The largest absolute Gasteiger partial charge is 0.385 e. The highest BCUT2D eigenvalue weighted by Crippen LogP contribution is 2.33. The van der Waals surface area contributed by atoms with E-state index in [1.165, 1.54) is 0 Å². The molecule has 2 atom stereocenters. The van der Waals surface area contributed by atoms with Gasteiger partial charge < -0.3 is 10.2 Å². The van der Waals surface area contributed by atoms with E-state index < -0.39 is 18.0 Å². The van der Waals surface area contributed by atoms with Gasteiger partial charge >= 0.3 is 0 Å². The molecule has 0 radical (unpaired) electrons. The first-order chi connectivity index (χ1) is 4.92. The minimum absolute atomic E-state index is 0.118. The van der Waals surface area contributed by atoms with Crippen LogP contribution in [0.2, 0.25) is 0 Å². The Balaban J connectivity index is 2.70. The number of carbonyl (C=O) groups excluding carboxylic acids is 1. The van der Waals surface area contributed by atoms with Crippen LogP contribution in [0, 0.1) is 5.41 Å². The summed E-state index contributed by atoms with van der Waals surface area (Å²) in [6.45, 7) is 3.87. The highest BCUT2D eigenvalue weighted by atomic mass is 16.3. The zero-order valence-electron chi connectivity index (χ0n) is 6.87. The number of hydrogen-bond acceptors (Lipinski definition) is 3. The molecule has 2 unspecified atom stereocenters. The van der Waals surface area contributed by atoms with Crippen LogP contribution in [0.1, 0.15) is 26.7 Å². The van der Waals surface area contributed by atoms with Gasteiger partial charge in [0.15, 0.2) is 5.78 Å². The van der Waals surface area contributed by atoms with Crippen molar-refractivity contribution in [2.24, 2.45) is 5.41 Å². The molecule has 0 amide bonds. The molecule has 1 fully saturated rings. The molecule has 64 valence electrons. The smallest absolute Gasteiger partial charge is 0.189 e. The summed E-state index contributed by atoms with van der Waals surface area (Å²) >= 11 is 0. The first-order valence-corrected chi connectivity index (χ1v) is 3.82. The average molecular weight is 158 g/mol. The maximum Gasteiger partial charge on any atom is 0.189 e. The van der Waals surface area contributed by atoms with Crippen molar-refractivity contribution in [2.45, 2.75) is 38.9 Å². The Morgan fingerprint density at radius 3 is 2.00 bits per heavy atom. The third-order valence-electron chi connectivity index (χ3n) is 2.15. The molecule has 1 rings (SSSR count). The lowest BCUT2D eigenvalue weighted by atomic mass is 9.74. The molecular weight excluding hydrogens is 144 g/mol. The molecule has 0 saturated heterocycles. The predicted octanol–water partition coefficient (Wildman–Crippen LogP) is 0.0973. The normalized spacial score (nSPS) is 37.3. The Labute approximate surface area is 66.0 Å².